The second-order valence-electron chi connectivity index (χ2n) is 5.84. The van der Waals surface area contributed by atoms with E-state index in [1.165, 1.54) is 0 Å². The second-order valence-corrected chi connectivity index (χ2v) is 5.84. The van der Waals surface area contributed by atoms with Gasteiger partial charge in [0, 0.05) is 44.4 Å². The van der Waals surface area contributed by atoms with E-state index in [2.05, 4.69) is 10.3 Å². The number of piperidine rings is 1. The zero-order chi connectivity index (χ0) is 16.2. The molecule has 3 N–H and O–H groups in total. The lowest BCUT2D eigenvalue weighted by molar-refractivity contribution is -0.126. The number of likely N-dealkylation sites (tertiary alicyclic amines) is 1. The van der Waals surface area contributed by atoms with Crippen molar-refractivity contribution in [1.29, 1.82) is 0 Å². The smallest absolute Gasteiger partial charge is 0.314 e. The summed E-state index contributed by atoms with van der Waals surface area (Å²) in [4.78, 5) is 29.3. The Morgan fingerprint density at radius 2 is 2.09 bits per heavy atom. The molecule has 0 bridgehead atoms. The molecule has 3 rings (SSSR count). The average Bonchev–Trinajstić information content (AvgIpc) is 2.97. The molecule has 0 radical (unpaired) electrons. The van der Waals surface area contributed by atoms with Gasteiger partial charge in [0.2, 0.25) is 5.91 Å². The van der Waals surface area contributed by atoms with E-state index in [9.17, 15) is 9.59 Å². The Balaban J connectivity index is 1.45. The average molecular weight is 315 g/mol. The van der Waals surface area contributed by atoms with Crippen LogP contribution < -0.4 is 11.1 Å². The number of amides is 3. The number of nitrogens with two attached hydrogens (primary N) is 1. The molecule has 7 nitrogen and oxygen atoms in total. The van der Waals surface area contributed by atoms with Gasteiger partial charge in [-0.1, -0.05) is 6.07 Å². The number of aromatic nitrogens is 2. The molecule has 7 heteroatoms. The monoisotopic (exact) mass is 315 g/mol. The number of carbonyl (C=O) groups excluding carboxylic acids is 2. The quantitative estimate of drug-likeness (QED) is 0.873. The van der Waals surface area contributed by atoms with Crippen LogP contribution in [0.4, 0.5) is 4.79 Å². The molecule has 2 aromatic rings. The summed E-state index contributed by atoms with van der Waals surface area (Å²) in [5.74, 6) is 0.0181. The highest BCUT2D eigenvalue weighted by atomic mass is 16.2. The van der Waals surface area contributed by atoms with Crippen molar-refractivity contribution in [3.05, 3.63) is 36.3 Å². The van der Waals surface area contributed by atoms with Crippen LogP contribution >= 0.6 is 0 Å². The summed E-state index contributed by atoms with van der Waals surface area (Å²) in [7, 11) is 0. The van der Waals surface area contributed by atoms with Crippen LogP contribution in [0.3, 0.4) is 0 Å². The maximum absolute atomic E-state index is 12.2. The summed E-state index contributed by atoms with van der Waals surface area (Å²) in [6.07, 6.45) is 5.98. The molecule has 1 aliphatic rings. The van der Waals surface area contributed by atoms with Crippen molar-refractivity contribution in [3.8, 4) is 0 Å². The van der Waals surface area contributed by atoms with Crippen LogP contribution in [-0.4, -0.2) is 45.9 Å². The topological polar surface area (TPSA) is 92.7 Å². The second kappa shape index (κ2) is 6.68. The number of carbonyl (C=O) groups is 2. The van der Waals surface area contributed by atoms with Gasteiger partial charge in [-0.2, -0.15) is 0 Å². The standard InChI is InChI=1S/C16H21N5O2/c17-16(23)20-9-5-12(6-10-20)15(22)18-7-4-13-11-21-8-2-1-3-14(21)19-13/h1-3,8,11-12H,4-7,9-10H2,(H2,17,23)(H,18,22). The summed E-state index contributed by atoms with van der Waals surface area (Å²) >= 11 is 0. The Morgan fingerprint density at radius 3 is 2.78 bits per heavy atom. The number of nitrogens with zero attached hydrogens (tertiary/aromatic N) is 3. The number of primary amides is 1. The highest BCUT2D eigenvalue weighted by molar-refractivity contribution is 5.79. The largest absolute Gasteiger partial charge is 0.355 e. The molecular weight excluding hydrogens is 294 g/mol. The van der Waals surface area contributed by atoms with Crippen LogP contribution in [0.5, 0.6) is 0 Å². The van der Waals surface area contributed by atoms with Crippen LogP contribution in [0.1, 0.15) is 18.5 Å². The molecule has 0 unspecified atom stereocenters. The van der Waals surface area contributed by atoms with Crippen molar-refractivity contribution in [3.63, 3.8) is 0 Å². The summed E-state index contributed by atoms with van der Waals surface area (Å²) in [5.41, 5.74) is 7.11. The Hall–Kier alpha value is -2.57. The number of pyridine rings is 1. The maximum atomic E-state index is 12.2. The van der Waals surface area contributed by atoms with Crippen molar-refractivity contribution < 1.29 is 9.59 Å². The lowest BCUT2D eigenvalue weighted by Gasteiger charge is -2.29. The molecule has 0 aromatic carbocycles. The fraction of sp³-hybridized carbons (Fsp3) is 0.438. The predicted octanol–water partition coefficient (Wildman–Crippen LogP) is 0.784. The zero-order valence-electron chi connectivity index (χ0n) is 12.9. The molecule has 0 saturated carbocycles. The number of rotatable bonds is 4. The zero-order valence-corrected chi connectivity index (χ0v) is 12.9. The summed E-state index contributed by atoms with van der Waals surface area (Å²) in [5, 5.41) is 2.97. The van der Waals surface area contributed by atoms with Gasteiger partial charge in [0.1, 0.15) is 5.65 Å². The normalized spacial score (nSPS) is 15.7. The van der Waals surface area contributed by atoms with Gasteiger partial charge in [0.15, 0.2) is 0 Å². The van der Waals surface area contributed by atoms with Crippen LogP contribution in [0.2, 0.25) is 0 Å². The third-order valence-electron chi connectivity index (χ3n) is 4.27. The van der Waals surface area contributed by atoms with Crippen molar-refractivity contribution in [2.24, 2.45) is 11.7 Å². The number of hydrogen-bond donors (Lipinski definition) is 2. The summed E-state index contributed by atoms with van der Waals surface area (Å²) in [6.45, 7) is 1.68. The Morgan fingerprint density at radius 1 is 1.30 bits per heavy atom. The Bertz CT molecular complexity index is 670. The van der Waals surface area contributed by atoms with E-state index in [-0.39, 0.29) is 11.8 Å². The molecule has 3 amide bonds. The first-order valence-electron chi connectivity index (χ1n) is 7.88. The minimum absolute atomic E-state index is 0.0355. The van der Waals surface area contributed by atoms with Crippen LogP contribution in [0, 0.1) is 5.92 Å². The molecular formula is C16H21N5O2. The van der Waals surface area contributed by atoms with Crippen LogP contribution in [-0.2, 0) is 11.2 Å². The van der Waals surface area contributed by atoms with Gasteiger partial charge in [0.05, 0.1) is 5.69 Å². The first-order valence-corrected chi connectivity index (χ1v) is 7.88. The first kappa shape index (κ1) is 15.3. The highest BCUT2D eigenvalue weighted by Gasteiger charge is 2.26. The molecule has 1 aliphatic heterocycles. The van der Waals surface area contributed by atoms with E-state index in [0.717, 1.165) is 11.3 Å². The molecule has 122 valence electrons. The van der Waals surface area contributed by atoms with Gasteiger partial charge in [-0.05, 0) is 25.0 Å². The maximum Gasteiger partial charge on any atom is 0.314 e. The Labute approximate surface area is 134 Å². The molecule has 0 atom stereocenters. The fourth-order valence-electron chi connectivity index (χ4n) is 2.93. The SMILES string of the molecule is NC(=O)N1CCC(C(=O)NCCc2cn3ccccc3n2)CC1. The van der Waals surface area contributed by atoms with E-state index in [1.54, 1.807) is 4.90 Å². The van der Waals surface area contributed by atoms with E-state index in [0.29, 0.717) is 38.9 Å². The van der Waals surface area contributed by atoms with E-state index in [1.807, 2.05) is 35.0 Å². The Kier molecular flexibility index (Phi) is 4.45. The molecule has 0 spiro atoms. The third-order valence-corrected chi connectivity index (χ3v) is 4.27. The van der Waals surface area contributed by atoms with Crippen molar-refractivity contribution >= 4 is 17.6 Å². The number of hydrogen-bond acceptors (Lipinski definition) is 3. The predicted molar refractivity (Wildman–Crippen MR) is 85.8 cm³/mol. The molecule has 0 aliphatic carbocycles. The highest BCUT2D eigenvalue weighted by Crippen LogP contribution is 2.17. The summed E-state index contributed by atoms with van der Waals surface area (Å²) < 4.78 is 1.97. The number of nitrogens with one attached hydrogen (secondary N) is 1. The lowest BCUT2D eigenvalue weighted by Crippen LogP contribution is -2.45. The minimum atomic E-state index is -0.407. The van der Waals surface area contributed by atoms with Gasteiger partial charge in [-0.3, -0.25) is 4.79 Å². The van der Waals surface area contributed by atoms with Gasteiger partial charge < -0.3 is 20.4 Å². The van der Waals surface area contributed by atoms with Crippen molar-refractivity contribution in [2.75, 3.05) is 19.6 Å². The van der Waals surface area contributed by atoms with Crippen molar-refractivity contribution in [1.82, 2.24) is 19.6 Å². The number of urea groups is 1. The van der Waals surface area contributed by atoms with Crippen molar-refractivity contribution in [2.45, 2.75) is 19.3 Å². The van der Waals surface area contributed by atoms with Gasteiger partial charge in [-0.25, -0.2) is 9.78 Å². The first-order chi connectivity index (χ1) is 11.1. The molecule has 1 fully saturated rings. The minimum Gasteiger partial charge on any atom is -0.355 e. The van der Waals surface area contributed by atoms with Crippen LogP contribution in [0.25, 0.3) is 5.65 Å². The molecule has 1 saturated heterocycles. The molecule has 23 heavy (non-hydrogen) atoms. The molecule has 2 aromatic heterocycles. The fourth-order valence-corrected chi connectivity index (χ4v) is 2.93. The van der Waals surface area contributed by atoms with Gasteiger partial charge >= 0.3 is 6.03 Å². The summed E-state index contributed by atoms with van der Waals surface area (Å²) in [6, 6.07) is 5.45. The van der Waals surface area contributed by atoms with E-state index >= 15 is 0 Å². The van der Waals surface area contributed by atoms with E-state index in [4.69, 9.17) is 5.73 Å². The van der Waals surface area contributed by atoms with Gasteiger partial charge in [0.25, 0.3) is 0 Å². The lowest BCUT2D eigenvalue weighted by atomic mass is 9.96. The van der Waals surface area contributed by atoms with Crippen LogP contribution in [0.15, 0.2) is 30.6 Å². The number of fused-ring (bicyclic) bond motifs is 1. The number of imidazole rings is 1. The molecule has 3 heterocycles. The van der Waals surface area contributed by atoms with Gasteiger partial charge in [-0.15, -0.1) is 0 Å². The third kappa shape index (κ3) is 3.61. The van der Waals surface area contributed by atoms with E-state index < -0.39 is 6.03 Å².